The van der Waals surface area contributed by atoms with Crippen molar-refractivity contribution in [3.63, 3.8) is 0 Å². The highest BCUT2D eigenvalue weighted by molar-refractivity contribution is 5.89. The molecule has 0 saturated carbocycles. The second kappa shape index (κ2) is 6.21. The summed E-state index contributed by atoms with van der Waals surface area (Å²) in [7, 11) is 0. The molecular formula is C14H19NO2. The molecule has 2 N–H and O–H groups in total. The van der Waals surface area contributed by atoms with Crippen molar-refractivity contribution < 1.29 is 9.53 Å². The number of benzene rings is 1. The van der Waals surface area contributed by atoms with Gasteiger partial charge in [0, 0.05) is 12.0 Å². The van der Waals surface area contributed by atoms with Crippen molar-refractivity contribution in [1.29, 1.82) is 0 Å². The fourth-order valence-corrected chi connectivity index (χ4v) is 1.49. The van der Waals surface area contributed by atoms with Crippen molar-refractivity contribution in [1.82, 2.24) is 0 Å². The van der Waals surface area contributed by atoms with E-state index in [9.17, 15) is 4.79 Å². The number of allylic oxidation sites excluding steroid dienone is 1. The van der Waals surface area contributed by atoms with Gasteiger partial charge in [-0.05, 0) is 26.3 Å². The van der Waals surface area contributed by atoms with Gasteiger partial charge in [-0.2, -0.15) is 0 Å². The fourth-order valence-electron chi connectivity index (χ4n) is 1.49. The van der Waals surface area contributed by atoms with Gasteiger partial charge in [-0.3, -0.25) is 5.73 Å². The van der Waals surface area contributed by atoms with Crippen molar-refractivity contribution in [2.24, 2.45) is 5.73 Å². The molecule has 3 nitrogen and oxygen atoms in total. The molecule has 92 valence electrons. The number of esters is 1. The van der Waals surface area contributed by atoms with Gasteiger partial charge in [-0.1, -0.05) is 35.9 Å². The minimum absolute atomic E-state index is 0.330. The lowest BCUT2D eigenvalue weighted by atomic mass is 10.0. The molecule has 0 fully saturated rings. The number of rotatable bonds is 4. The van der Waals surface area contributed by atoms with E-state index < -0.39 is 6.23 Å². The molecule has 1 atom stereocenters. The number of hydrogen-bond acceptors (Lipinski definition) is 3. The zero-order valence-electron chi connectivity index (χ0n) is 10.6. The first kappa shape index (κ1) is 13.5. The summed E-state index contributed by atoms with van der Waals surface area (Å²) in [5.74, 6) is -0.330. The molecule has 0 radical (unpaired) electrons. The summed E-state index contributed by atoms with van der Waals surface area (Å²) in [6.07, 6.45) is 0.00183. The third-order valence-electron chi connectivity index (χ3n) is 2.37. The quantitative estimate of drug-likeness (QED) is 0.493. The van der Waals surface area contributed by atoms with E-state index in [1.807, 2.05) is 44.2 Å². The van der Waals surface area contributed by atoms with Crippen LogP contribution in [0.3, 0.4) is 0 Å². The summed E-state index contributed by atoms with van der Waals surface area (Å²) in [6, 6.07) is 9.83. The number of carbonyl (C=O) groups is 1. The minimum atomic E-state index is -0.576. The molecule has 0 bridgehead atoms. The van der Waals surface area contributed by atoms with Gasteiger partial charge in [0.05, 0.1) is 0 Å². The molecule has 1 rings (SSSR count). The standard InChI is InChI=1S/C14H19NO2/c1-10(2)13(14(16)17-11(3)15)9-12-7-5-4-6-8-12/h4-8,11H,9,15H2,1-3H3. The molecule has 17 heavy (non-hydrogen) atoms. The van der Waals surface area contributed by atoms with Gasteiger partial charge >= 0.3 is 5.97 Å². The summed E-state index contributed by atoms with van der Waals surface area (Å²) < 4.78 is 5.03. The Hall–Kier alpha value is -1.61. The summed E-state index contributed by atoms with van der Waals surface area (Å²) in [6.45, 7) is 5.45. The van der Waals surface area contributed by atoms with E-state index in [4.69, 9.17) is 10.5 Å². The fraction of sp³-hybridized carbons (Fsp3) is 0.357. The van der Waals surface area contributed by atoms with Crippen LogP contribution >= 0.6 is 0 Å². The second-order valence-electron chi connectivity index (χ2n) is 4.25. The van der Waals surface area contributed by atoms with Crippen molar-refractivity contribution in [3.8, 4) is 0 Å². The van der Waals surface area contributed by atoms with Gasteiger partial charge in [-0.25, -0.2) is 4.79 Å². The second-order valence-corrected chi connectivity index (χ2v) is 4.25. The highest BCUT2D eigenvalue weighted by atomic mass is 16.6. The number of carbonyl (C=O) groups excluding carboxylic acids is 1. The number of ether oxygens (including phenoxy) is 1. The van der Waals surface area contributed by atoms with Crippen LogP contribution in [0.1, 0.15) is 26.3 Å². The average molecular weight is 233 g/mol. The van der Waals surface area contributed by atoms with Gasteiger partial charge in [-0.15, -0.1) is 0 Å². The van der Waals surface area contributed by atoms with Crippen LogP contribution in [0.5, 0.6) is 0 Å². The predicted molar refractivity (Wildman–Crippen MR) is 68.3 cm³/mol. The first-order valence-corrected chi connectivity index (χ1v) is 5.67. The molecule has 0 aliphatic rings. The average Bonchev–Trinajstić information content (AvgIpc) is 2.25. The lowest BCUT2D eigenvalue weighted by Crippen LogP contribution is -2.25. The van der Waals surface area contributed by atoms with Gasteiger partial charge < -0.3 is 4.74 Å². The number of hydrogen-bond donors (Lipinski definition) is 1. The van der Waals surface area contributed by atoms with Gasteiger partial charge in [0.15, 0.2) is 0 Å². The Bertz CT molecular complexity index is 403. The molecule has 1 aromatic rings. The Morgan fingerprint density at radius 3 is 2.35 bits per heavy atom. The maximum Gasteiger partial charge on any atom is 0.335 e. The smallest absolute Gasteiger partial charge is 0.335 e. The number of nitrogens with two attached hydrogens (primary N) is 1. The molecule has 0 saturated heterocycles. The molecule has 0 spiro atoms. The van der Waals surface area contributed by atoms with E-state index in [1.165, 1.54) is 0 Å². The van der Waals surface area contributed by atoms with Crippen molar-refractivity contribution >= 4 is 5.97 Å². The van der Waals surface area contributed by atoms with Crippen molar-refractivity contribution in [2.45, 2.75) is 33.4 Å². The van der Waals surface area contributed by atoms with E-state index in [0.29, 0.717) is 12.0 Å². The third kappa shape index (κ3) is 4.41. The van der Waals surface area contributed by atoms with Crippen molar-refractivity contribution in [3.05, 3.63) is 47.0 Å². The minimum Gasteiger partial charge on any atom is -0.444 e. The highest BCUT2D eigenvalue weighted by Crippen LogP contribution is 2.14. The molecular weight excluding hydrogens is 214 g/mol. The highest BCUT2D eigenvalue weighted by Gasteiger charge is 2.14. The van der Waals surface area contributed by atoms with Crippen LogP contribution in [-0.4, -0.2) is 12.2 Å². The van der Waals surface area contributed by atoms with Crippen LogP contribution in [0.2, 0.25) is 0 Å². The predicted octanol–water partition coefficient (Wildman–Crippen LogP) is 2.41. The van der Waals surface area contributed by atoms with Crippen LogP contribution in [0, 0.1) is 0 Å². The molecule has 0 aliphatic carbocycles. The van der Waals surface area contributed by atoms with Gasteiger partial charge in [0.1, 0.15) is 6.23 Å². The largest absolute Gasteiger partial charge is 0.444 e. The molecule has 0 aromatic heterocycles. The lowest BCUT2D eigenvalue weighted by Gasteiger charge is -2.12. The molecule has 0 heterocycles. The Labute approximate surface area is 102 Å². The van der Waals surface area contributed by atoms with E-state index in [2.05, 4.69) is 0 Å². The van der Waals surface area contributed by atoms with Crippen LogP contribution in [-0.2, 0) is 16.0 Å². The monoisotopic (exact) mass is 233 g/mol. The van der Waals surface area contributed by atoms with Crippen molar-refractivity contribution in [2.75, 3.05) is 0 Å². The SMILES string of the molecule is CC(C)=C(Cc1ccccc1)C(=O)OC(C)N. The summed E-state index contributed by atoms with van der Waals surface area (Å²) in [4.78, 5) is 11.8. The van der Waals surface area contributed by atoms with Crippen LogP contribution in [0.4, 0.5) is 0 Å². The van der Waals surface area contributed by atoms with Crippen LogP contribution < -0.4 is 5.73 Å². The zero-order chi connectivity index (χ0) is 12.8. The van der Waals surface area contributed by atoms with Gasteiger partial charge in [0.2, 0.25) is 0 Å². The van der Waals surface area contributed by atoms with Crippen LogP contribution in [0.25, 0.3) is 0 Å². The van der Waals surface area contributed by atoms with Gasteiger partial charge in [0.25, 0.3) is 0 Å². The molecule has 1 unspecified atom stereocenters. The molecule has 0 amide bonds. The van der Waals surface area contributed by atoms with E-state index in [1.54, 1.807) is 6.92 Å². The normalized spacial score (nSPS) is 11.8. The maximum absolute atomic E-state index is 11.8. The zero-order valence-corrected chi connectivity index (χ0v) is 10.6. The topological polar surface area (TPSA) is 52.3 Å². The van der Waals surface area contributed by atoms with E-state index in [-0.39, 0.29) is 5.97 Å². The maximum atomic E-state index is 11.8. The Morgan fingerprint density at radius 2 is 1.88 bits per heavy atom. The molecule has 1 aromatic carbocycles. The molecule has 0 aliphatic heterocycles. The lowest BCUT2D eigenvalue weighted by molar-refractivity contribution is -0.143. The summed E-state index contributed by atoms with van der Waals surface area (Å²) in [5, 5.41) is 0. The molecule has 3 heteroatoms. The Morgan fingerprint density at radius 1 is 1.29 bits per heavy atom. The van der Waals surface area contributed by atoms with E-state index >= 15 is 0 Å². The first-order chi connectivity index (χ1) is 8.00. The first-order valence-electron chi connectivity index (χ1n) is 5.67. The summed E-state index contributed by atoms with van der Waals surface area (Å²) in [5.41, 5.74) is 8.18. The Balaban J connectivity index is 2.83. The summed E-state index contributed by atoms with van der Waals surface area (Å²) >= 11 is 0. The van der Waals surface area contributed by atoms with E-state index in [0.717, 1.165) is 11.1 Å². The van der Waals surface area contributed by atoms with Crippen LogP contribution in [0.15, 0.2) is 41.5 Å². The Kier molecular flexibility index (Phi) is 4.91. The third-order valence-corrected chi connectivity index (χ3v) is 2.37.